The fraction of sp³-hybridized carbons (Fsp3) is 0.318. The topological polar surface area (TPSA) is 104 Å². The van der Waals surface area contributed by atoms with E-state index in [0.29, 0.717) is 24.0 Å². The number of rotatable bonds is 5. The molecule has 3 amide bonds. The monoisotopic (exact) mass is 441 g/mol. The average Bonchev–Trinajstić information content (AvgIpc) is 3.04. The second kappa shape index (κ2) is 8.24. The summed E-state index contributed by atoms with van der Waals surface area (Å²) in [6, 6.07) is 13.6. The summed E-state index contributed by atoms with van der Waals surface area (Å²) in [7, 11) is -3.57. The first-order valence-corrected chi connectivity index (χ1v) is 11.6. The molecular formula is C22H23N3O5S. The number of hydrogen-bond acceptors (Lipinski definition) is 5. The van der Waals surface area contributed by atoms with E-state index in [1.807, 2.05) is 0 Å². The minimum Gasteiger partial charge on any atom is -0.351 e. The molecule has 0 saturated carbocycles. The molecule has 0 spiro atoms. The van der Waals surface area contributed by atoms with Gasteiger partial charge in [-0.15, -0.1) is 0 Å². The first kappa shape index (κ1) is 21.2. The molecule has 0 bridgehead atoms. The van der Waals surface area contributed by atoms with Crippen molar-refractivity contribution in [2.45, 2.75) is 36.7 Å². The molecule has 1 unspecified atom stereocenters. The van der Waals surface area contributed by atoms with Gasteiger partial charge in [-0.1, -0.05) is 30.3 Å². The van der Waals surface area contributed by atoms with E-state index < -0.39 is 33.8 Å². The van der Waals surface area contributed by atoms with E-state index in [2.05, 4.69) is 5.32 Å². The fourth-order valence-electron chi connectivity index (χ4n) is 3.98. The van der Waals surface area contributed by atoms with Gasteiger partial charge in [-0.25, -0.2) is 8.42 Å². The van der Waals surface area contributed by atoms with Crippen LogP contribution < -0.4 is 5.32 Å². The van der Waals surface area contributed by atoms with Crippen LogP contribution in [0, 0.1) is 0 Å². The van der Waals surface area contributed by atoms with Crippen molar-refractivity contribution in [3.63, 3.8) is 0 Å². The van der Waals surface area contributed by atoms with E-state index in [1.165, 1.54) is 11.2 Å². The molecule has 0 radical (unpaired) electrons. The minimum absolute atomic E-state index is 0.229. The third-order valence-corrected chi connectivity index (χ3v) is 7.69. The maximum absolute atomic E-state index is 12.8. The molecule has 0 aromatic heterocycles. The predicted octanol–water partition coefficient (Wildman–Crippen LogP) is 1.64. The van der Waals surface area contributed by atoms with Gasteiger partial charge in [-0.05, 0) is 44.0 Å². The number of nitrogens with zero attached hydrogens (tertiary/aromatic N) is 2. The molecule has 2 aromatic carbocycles. The van der Waals surface area contributed by atoms with Crippen LogP contribution in [0.2, 0.25) is 0 Å². The average molecular weight is 442 g/mol. The first-order chi connectivity index (χ1) is 14.8. The van der Waals surface area contributed by atoms with Crippen LogP contribution in [0.15, 0.2) is 59.5 Å². The highest BCUT2D eigenvalue weighted by molar-refractivity contribution is 7.89. The van der Waals surface area contributed by atoms with Gasteiger partial charge in [-0.3, -0.25) is 19.3 Å². The Morgan fingerprint density at radius 1 is 0.935 bits per heavy atom. The molecule has 2 aliphatic rings. The molecule has 2 heterocycles. The molecule has 1 saturated heterocycles. The zero-order valence-electron chi connectivity index (χ0n) is 17.0. The van der Waals surface area contributed by atoms with Crippen molar-refractivity contribution in [3.8, 4) is 0 Å². The van der Waals surface area contributed by atoms with E-state index in [0.717, 1.165) is 4.90 Å². The smallest absolute Gasteiger partial charge is 0.262 e. The Kier molecular flexibility index (Phi) is 5.63. The van der Waals surface area contributed by atoms with Crippen molar-refractivity contribution in [1.29, 1.82) is 0 Å². The fourth-order valence-corrected chi connectivity index (χ4v) is 5.47. The van der Waals surface area contributed by atoms with Gasteiger partial charge in [0.2, 0.25) is 15.9 Å². The molecule has 2 aromatic rings. The lowest BCUT2D eigenvalue weighted by Crippen LogP contribution is -2.53. The molecule has 162 valence electrons. The Morgan fingerprint density at radius 3 is 2.00 bits per heavy atom. The van der Waals surface area contributed by atoms with E-state index in [-0.39, 0.29) is 24.0 Å². The summed E-state index contributed by atoms with van der Waals surface area (Å²) in [4.78, 5) is 39.1. The van der Waals surface area contributed by atoms with Gasteiger partial charge in [0, 0.05) is 19.1 Å². The lowest BCUT2D eigenvalue weighted by molar-refractivity contribution is -0.125. The van der Waals surface area contributed by atoms with Gasteiger partial charge in [-0.2, -0.15) is 4.31 Å². The highest BCUT2D eigenvalue weighted by Gasteiger charge is 2.41. The third-order valence-electron chi connectivity index (χ3n) is 5.77. The summed E-state index contributed by atoms with van der Waals surface area (Å²) in [5, 5.41) is 2.87. The number of carbonyl (C=O) groups is 3. The van der Waals surface area contributed by atoms with Gasteiger partial charge in [0.05, 0.1) is 16.0 Å². The van der Waals surface area contributed by atoms with Crippen LogP contribution >= 0.6 is 0 Å². The van der Waals surface area contributed by atoms with Crippen LogP contribution in [0.4, 0.5) is 0 Å². The molecule has 1 N–H and O–H groups in total. The van der Waals surface area contributed by atoms with Gasteiger partial charge >= 0.3 is 0 Å². The number of fused-ring (bicyclic) bond motifs is 1. The summed E-state index contributed by atoms with van der Waals surface area (Å²) in [5.74, 6) is -1.39. The molecule has 1 fully saturated rings. The van der Waals surface area contributed by atoms with E-state index in [1.54, 1.807) is 54.6 Å². The Labute approximate surface area is 180 Å². The maximum Gasteiger partial charge on any atom is 0.262 e. The first-order valence-electron chi connectivity index (χ1n) is 10.1. The van der Waals surface area contributed by atoms with Gasteiger partial charge < -0.3 is 5.32 Å². The van der Waals surface area contributed by atoms with E-state index in [4.69, 9.17) is 0 Å². The minimum atomic E-state index is -3.57. The normalized spacial score (nSPS) is 18.7. The summed E-state index contributed by atoms with van der Waals surface area (Å²) in [5.41, 5.74) is 0.596. The molecule has 8 nitrogen and oxygen atoms in total. The van der Waals surface area contributed by atoms with Crippen molar-refractivity contribution >= 4 is 27.7 Å². The number of imide groups is 1. The lowest BCUT2D eigenvalue weighted by Gasteiger charge is -2.32. The van der Waals surface area contributed by atoms with Crippen LogP contribution in [-0.2, 0) is 14.8 Å². The Hall–Kier alpha value is -3.04. The van der Waals surface area contributed by atoms with Crippen LogP contribution in [0.5, 0.6) is 0 Å². The third kappa shape index (κ3) is 3.86. The summed E-state index contributed by atoms with van der Waals surface area (Å²) >= 11 is 0. The van der Waals surface area contributed by atoms with Crippen molar-refractivity contribution in [3.05, 3.63) is 65.7 Å². The lowest BCUT2D eigenvalue weighted by atomic mass is 10.1. The van der Waals surface area contributed by atoms with Crippen LogP contribution in [0.3, 0.4) is 0 Å². The van der Waals surface area contributed by atoms with Crippen molar-refractivity contribution in [2.24, 2.45) is 0 Å². The summed E-state index contributed by atoms with van der Waals surface area (Å²) < 4.78 is 26.9. The number of sulfonamides is 1. The number of nitrogens with one attached hydrogen (secondary N) is 1. The molecule has 1 atom stereocenters. The highest BCUT2D eigenvalue weighted by atomic mass is 32.2. The molecule has 4 rings (SSSR count). The van der Waals surface area contributed by atoms with Gasteiger partial charge in [0.1, 0.15) is 6.04 Å². The van der Waals surface area contributed by atoms with Crippen LogP contribution in [-0.4, -0.2) is 60.5 Å². The van der Waals surface area contributed by atoms with E-state index in [9.17, 15) is 22.8 Å². The quantitative estimate of drug-likeness (QED) is 0.711. The van der Waals surface area contributed by atoms with Crippen LogP contribution in [0.25, 0.3) is 0 Å². The Balaban J connectivity index is 1.37. The summed E-state index contributed by atoms with van der Waals surface area (Å²) in [6.07, 6.45) is 0.902. The standard InChI is InChI=1S/C22H23N3O5S/c1-15(25-21(27)18-9-5-6-10-19(18)22(25)28)20(26)23-16-11-13-24(14-12-16)31(29,30)17-7-3-2-4-8-17/h2-10,15-16H,11-14H2,1H3,(H,23,26). The zero-order valence-corrected chi connectivity index (χ0v) is 17.8. The number of piperidine rings is 1. The molecule has 2 aliphatic heterocycles. The molecular weight excluding hydrogens is 418 g/mol. The van der Waals surface area contributed by atoms with Crippen molar-refractivity contribution in [2.75, 3.05) is 13.1 Å². The zero-order chi connectivity index (χ0) is 22.2. The second-order valence-corrected chi connectivity index (χ2v) is 9.64. The Morgan fingerprint density at radius 2 is 1.45 bits per heavy atom. The van der Waals surface area contributed by atoms with Crippen molar-refractivity contribution in [1.82, 2.24) is 14.5 Å². The van der Waals surface area contributed by atoms with Gasteiger partial charge in [0.15, 0.2) is 0 Å². The number of hydrogen-bond donors (Lipinski definition) is 1. The number of benzene rings is 2. The van der Waals surface area contributed by atoms with Crippen molar-refractivity contribution < 1.29 is 22.8 Å². The molecule has 9 heteroatoms. The van der Waals surface area contributed by atoms with E-state index >= 15 is 0 Å². The predicted molar refractivity (Wildman–Crippen MR) is 113 cm³/mol. The second-order valence-electron chi connectivity index (χ2n) is 7.70. The molecule has 31 heavy (non-hydrogen) atoms. The largest absolute Gasteiger partial charge is 0.351 e. The highest BCUT2D eigenvalue weighted by Crippen LogP contribution is 2.25. The number of amides is 3. The Bertz CT molecular complexity index is 1090. The van der Waals surface area contributed by atoms with Crippen LogP contribution in [0.1, 0.15) is 40.5 Å². The SMILES string of the molecule is CC(C(=O)NC1CCN(S(=O)(=O)c2ccccc2)CC1)N1C(=O)c2ccccc2C1=O. The molecule has 0 aliphatic carbocycles. The maximum atomic E-state index is 12.8. The summed E-state index contributed by atoms with van der Waals surface area (Å²) in [6.45, 7) is 2.08. The van der Waals surface area contributed by atoms with Gasteiger partial charge in [0.25, 0.3) is 11.8 Å². The number of carbonyl (C=O) groups excluding carboxylic acids is 3.